The fourth-order valence-corrected chi connectivity index (χ4v) is 3.59. The van der Waals surface area contributed by atoms with Gasteiger partial charge in [0.05, 0.1) is 6.04 Å². The van der Waals surface area contributed by atoms with Crippen molar-refractivity contribution in [1.82, 2.24) is 5.32 Å². The van der Waals surface area contributed by atoms with Crippen LogP contribution in [0.5, 0.6) is 0 Å². The monoisotopic (exact) mass is 357 g/mol. The van der Waals surface area contributed by atoms with Gasteiger partial charge in [-0.15, -0.1) is 0 Å². The van der Waals surface area contributed by atoms with Gasteiger partial charge in [0.25, 0.3) is 0 Å². The van der Waals surface area contributed by atoms with Gasteiger partial charge in [-0.1, -0.05) is 20.3 Å². The molecule has 0 aliphatic heterocycles. The molecule has 0 aromatic heterocycles. The molecule has 9 heteroatoms. The molecule has 1 fully saturated rings. The van der Waals surface area contributed by atoms with Crippen molar-refractivity contribution in [2.45, 2.75) is 63.9 Å². The zero-order valence-electron chi connectivity index (χ0n) is 15.1. The second-order valence-corrected chi connectivity index (χ2v) is 7.73. The molecular weight excluding hydrogens is 325 g/mol. The number of carboxylic acid groups (broad SMARTS) is 1. The van der Waals surface area contributed by atoms with E-state index in [2.05, 4.69) is 5.32 Å². The van der Waals surface area contributed by atoms with Crippen LogP contribution in [0, 0.1) is 17.8 Å². The van der Waals surface area contributed by atoms with Crippen LogP contribution in [0.1, 0.15) is 46.0 Å². The van der Waals surface area contributed by atoms with E-state index >= 15 is 0 Å². The summed E-state index contributed by atoms with van der Waals surface area (Å²) in [5.74, 6) is -1.43. The van der Waals surface area contributed by atoms with Gasteiger partial charge >= 0.3 is 13.1 Å². The Morgan fingerprint density at radius 2 is 1.96 bits per heavy atom. The topological polar surface area (TPSA) is 159 Å². The number of carbonyl (C=O) groups excluding carboxylic acids is 1. The Morgan fingerprint density at radius 1 is 1.32 bits per heavy atom. The molecule has 0 bridgehead atoms. The largest absolute Gasteiger partial charge is 0.480 e. The number of aliphatic carboxylic acids is 1. The SMILES string of the molecule is CC(C)C[C@H](N)C(=O)NC[C@@H]1CC[C@@H](CCB(O)O)C[C@]1(N)C(=O)O. The summed E-state index contributed by atoms with van der Waals surface area (Å²) in [4.78, 5) is 23.8. The van der Waals surface area contributed by atoms with Gasteiger partial charge in [-0.2, -0.15) is 0 Å². The fourth-order valence-electron chi connectivity index (χ4n) is 3.59. The Bertz CT molecular complexity index is 463. The predicted octanol–water partition coefficient (Wildman–Crippen LogP) is -0.463. The second-order valence-electron chi connectivity index (χ2n) is 7.73. The quantitative estimate of drug-likeness (QED) is 0.304. The van der Waals surface area contributed by atoms with Gasteiger partial charge in [-0.3, -0.25) is 9.59 Å². The molecule has 0 aromatic rings. The molecule has 0 aromatic carbocycles. The highest BCUT2D eigenvalue weighted by molar-refractivity contribution is 6.40. The van der Waals surface area contributed by atoms with E-state index in [-0.39, 0.29) is 37.0 Å². The summed E-state index contributed by atoms with van der Waals surface area (Å²) in [5, 5.41) is 30.3. The van der Waals surface area contributed by atoms with Crippen molar-refractivity contribution in [3.63, 3.8) is 0 Å². The molecule has 25 heavy (non-hydrogen) atoms. The molecule has 4 atom stereocenters. The van der Waals surface area contributed by atoms with E-state index in [1.54, 1.807) is 0 Å². The lowest BCUT2D eigenvalue weighted by Gasteiger charge is -2.41. The maximum absolute atomic E-state index is 12.1. The Hall–Kier alpha value is -1.16. The van der Waals surface area contributed by atoms with Gasteiger partial charge in [0.2, 0.25) is 5.91 Å². The van der Waals surface area contributed by atoms with Crippen LogP contribution in [0.4, 0.5) is 0 Å². The minimum Gasteiger partial charge on any atom is -0.480 e. The highest BCUT2D eigenvalue weighted by Crippen LogP contribution is 2.38. The summed E-state index contributed by atoms with van der Waals surface area (Å²) in [7, 11) is -1.39. The number of hydrogen-bond acceptors (Lipinski definition) is 6. The standard InChI is InChI=1S/C16H32BN3O5/c1-10(2)7-13(18)14(21)20-9-12-4-3-11(5-6-17(24)25)8-16(12,19)15(22)23/h10-13,24-25H,3-9,18-19H2,1-2H3,(H,20,21)(H,22,23)/t11-,12-,13-,16+/m0/s1. The average molecular weight is 357 g/mol. The maximum atomic E-state index is 12.1. The second kappa shape index (κ2) is 9.52. The molecule has 1 saturated carbocycles. The van der Waals surface area contributed by atoms with Crippen LogP contribution in [0.25, 0.3) is 0 Å². The van der Waals surface area contributed by atoms with Crippen molar-refractivity contribution in [2.75, 3.05) is 6.54 Å². The molecule has 1 aliphatic rings. The molecule has 0 unspecified atom stereocenters. The molecule has 8 N–H and O–H groups in total. The highest BCUT2D eigenvalue weighted by atomic mass is 16.4. The first kappa shape index (κ1) is 21.9. The third-order valence-electron chi connectivity index (χ3n) is 5.09. The smallest absolute Gasteiger partial charge is 0.451 e. The summed E-state index contributed by atoms with van der Waals surface area (Å²) in [6.07, 6.45) is 2.85. The fraction of sp³-hybridized carbons (Fsp3) is 0.875. The lowest BCUT2D eigenvalue weighted by molar-refractivity contribution is -0.148. The number of hydrogen-bond donors (Lipinski definition) is 6. The van der Waals surface area contributed by atoms with Crippen molar-refractivity contribution in [3.05, 3.63) is 0 Å². The first-order valence-electron chi connectivity index (χ1n) is 8.98. The van der Waals surface area contributed by atoms with Crippen LogP contribution in [0.2, 0.25) is 6.32 Å². The van der Waals surface area contributed by atoms with Crippen LogP contribution < -0.4 is 16.8 Å². The summed E-state index contributed by atoms with van der Waals surface area (Å²) in [5.41, 5.74) is 10.6. The molecule has 0 saturated heterocycles. The lowest BCUT2D eigenvalue weighted by Crippen LogP contribution is -2.60. The minimum atomic E-state index is -1.43. The molecule has 8 nitrogen and oxygen atoms in total. The lowest BCUT2D eigenvalue weighted by atomic mass is 9.66. The van der Waals surface area contributed by atoms with Crippen LogP contribution in [0.3, 0.4) is 0 Å². The van der Waals surface area contributed by atoms with Crippen LogP contribution in [-0.2, 0) is 9.59 Å². The Kier molecular flexibility index (Phi) is 8.33. The van der Waals surface area contributed by atoms with Gasteiger partial charge < -0.3 is 31.9 Å². The summed E-state index contributed by atoms with van der Waals surface area (Å²) in [6, 6.07) is -0.612. The number of nitrogens with one attached hydrogen (secondary N) is 1. The van der Waals surface area contributed by atoms with Gasteiger partial charge in [-0.25, -0.2) is 0 Å². The zero-order valence-corrected chi connectivity index (χ0v) is 15.1. The van der Waals surface area contributed by atoms with Crippen LogP contribution in [-0.4, -0.2) is 52.3 Å². The molecule has 1 aliphatic carbocycles. The van der Waals surface area contributed by atoms with Gasteiger partial charge in [0.15, 0.2) is 0 Å². The van der Waals surface area contributed by atoms with Crippen molar-refractivity contribution in [3.8, 4) is 0 Å². The molecular formula is C16H32BN3O5. The minimum absolute atomic E-state index is 0.0260. The van der Waals surface area contributed by atoms with E-state index < -0.39 is 24.7 Å². The number of carbonyl (C=O) groups is 2. The van der Waals surface area contributed by atoms with Gasteiger partial charge in [0.1, 0.15) is 5.54 Å². The molecule has 144 valence electrons. The third-order valence-corrected chi connectivity index (χ3v) is 5.09. The highest BCUT2D eigenvalue weighted by Gasteiger charge is 2.47. The summed E-state index contributed by atoms with van der Waals surface area (Å²) >= 11 is 0. The molecule has 0 spiro atoms. The van der Waals surface area contributed by atoms with E-state index in [1.165, 1.54) is 0 Å². The number of nitrogens with two attached hydrogens (primary N) is 2. The summed E-state index contributed by atoms with van der Waals surface area (Å²) in [6.45, 7) is 4.14. The van der Waals surface area contributed by atoms with Crippen LogP contribution >= 0.6 is 0 Å². The Morgan fingerprint density at radius 3 is 2.48 bits per heavy atom. The van der Waals surface area contributed by atoms with Gasteiger partial charge in [0, 0.05) is 12.5 Å². The van der Waals surface area contributed by atoms with Crippen molar-refractivity contribution in [2.24, 2.45) is 29.2 Å². The van der Waals surface area contributed by atoms with Crippen molar-refractivity contribution < 1.29 is 24.7 Å². The number of amides is 1. The molecule has 1 amide bonds. The van der Waals surface area contributed by atoms with E-state index in [0.717, 1.165) is 6.42 Å². The van der Waals surface area contributed by atoms with Crippen molar-refractivity contribution in [1.29, 1.82) is 0 Å². The van der Waals surface area contributed by atoms with E-state index in [9.17, 15) is 14.7 Å². The number of rotatable bonds is 9. The molecule has 0 radical (unpaired) electrons. The van der Waals surface area contributed by atoms with E-state index in [0.29, 0.717) is 25.2 Å². The molecule has 1 rings (SSSR count). The van der Waals surface area contributed by atoms with E-state index in [4.69, 9.17) is 21.5 Å². The Labute approximate surface area is 149 Å². The first-order valence-corrected chi connectivity index (χ1v) is 8.98. The van der Waals surface area contributed by atoms with E-state index in [1.807, 2.05) is 13.8 Å². The number of carboxylic acids is 1. The first-order chi connectivity index (χ1) is 11.6. The zero-order chi connectivity index (χ0) is 19.2. The normalized spacial score (nSPS) is 27.8. The molecule has 0 heterocycles. The Balaban J connectivity index is 2.63. The predicted molar refractivity (Wildman–Crippen MR) is 95.4 cm³/mol. The van der Waals surface area contributed by atoms with Crippen molar-refractivity contribution >= 4 is 19.0 Å². The summed E-state index contributed by atoms with van der Waals surface area (Å²) < 4.78 is 0. The van der Waals surface area contributed by atoms with Crippen LogP contribution in [0.15, 0.2) is 0 Å². The maximum Gasteiger partial charge on any atom is 0.451 e. The third kappa shape index (κ3) is 6.58. The van der Waals surface area contributed by atoms with Gasteiger partial charge in [-0.05, 0) is 43.8 Å². The average Bonchev–Trinajstić information content (AvgIpc) is 2.50.